The van der Waals surface area contributed by atoms with Gasteiger partial charge in [-0.15, -0.1) is 11.3 Å². The molecule has 3 heterocycles. The molecule has 0 spiro atoms. The summed E-state index contributed by atoms with van der Waals surface area (Å²) in [6, 6.07) is 10.9. The molecule has 0 amide bonds. The molecule has 192 valence electrons. The number of rotatable bonds is 6. The Morgan fingerprint density at radius 3 is 2.56 bits per heavy atom. The zero-order valence-corrected chi connectivity index (χ0v) is 22.2. The Bertz CT molecular complexity index is 1440. The van der Waals surface area contributed by atoms with Gasteiger partial charge in [0.15, 0.2) is 9.84 Å². The summed E-state index contributed by atoms with van der Waals surface area (Å²) in [5.41, 5.74) is 1.74. The first-order chi connectivity index (χ1) is 17.1. The van der Waals surface area contributed by atoms with Crippen molar-refractivity contribution < 1.29 is 26.0 Å². The SMILES string of the molecule is CS(=O)(=O)[C@@H]1CCN([C@H]2CCOc3cc(S(=O)(=O)Cc4nccs4)ccc32)[C@H](c2ccc(F)cc2)C1. The lowest BCUT2D eigenvalue weighted by Crippen LogP contribution is -2.44. The van der Waals surface area contributed by atoms with Crippen LogP contribution in [-0.2, 0) is 25.4 Å². The van der Waals surface area contributed by atoms with Gasteiger partial charge in [-0.1, -0.05) is 18.2 Å². The van der Waals surface area contributed by atoms with Crippen molar-refractivity contribution in [1.82, 2.24) is 9.88 Å². The molecule has 0 unspecified atom stereocenters. The quantitative estimate of drug-likeness (QED) is 0.451. The molecule has 1 saturated heterocycles. The second-order valence-corrected chi connectivity index (χ2v) is 14.6. The Labute approximate surface area is 214 Å². The van der Waals surface area contributed by atoms with Crippen molar-refractivity contribution in [2.45, 2.75) is 47.2 Å². The van der Waals surface area contributed by atoms with Gasteiger partial charge in [-0.25, -0.2) is 26.2 Å². The smallest absolute Gasteiger partial charge is 0.185 e. The lowest BCUT2D eigenvalue weighted by molar-refractivity contribution is 0.0680. The number of sulfone groups is 2. The van der Waals surface area contributed by atoms with Gasteiger partial charge in [0.1, 0.15) is 32.2 Å². The average Bonchev–Trinajstić information content (AvgIpc) is 3.35. The van der Waals surface area contributed by atoms with Gasteiger partial charge >= 0.3 is 0 Å². The number of piperidine rings is 1. The Balaban J connectivity index is 1.47. The molecule has 11 heteroatoms. The van der Waals surface area contributed by atoms with Crippen molar-refractivity contribution in [1.29, 1.82) is 0 Å². The average molecular weight is 551 g/mol. The lowest BCUT2D eigenvalue weighted by Gasteiger charge is -2.45. The summed E-state index contributed by atoms with van der Waals surface area (Å²) in [7, 11) is -6.82. The Morgan fingerprint density at radius 2 is 1.86 bits per heavy atom. The van der Waals surface area contributed by atoms with E-state index in [0.717, 1.165) is 11.1 Å². The van der Waals surface area contributed by atoms with Gasteiger partial charge in [-0.2, -0.15) is 0 Å². The van der Waals surface area contributed by atoms with Crippen LogP contribution in [0, 0.1) is 5.82 Å². The van der Waals surface area contributed by atoms with E-state index in [0.29, 0.717) is 43.2 Å². The third kappa shape index (κ3) is 5.20. The summed E-state index contributed by atoms with van der Waals surface area (Å²) in [5, 5.41) is 1.81. The summed E-state index contributed by atoms with van der Waals surface area (Å²) in [6.07, 6.45) is 4.45. The molecule has 3 atom stereocenters. The van der Waals surface area contributed by atoms with Crippen LogP contribution in [0.2, 0.25) is 0 Å². The van der Waals surface area contributed by atoms with Crippen LogP contribution in [0.1, 0.15) is 47.5 Å². The number of fused-ring (bicyclic) bond motifs is 1. The van der Waals surface area contributed by atoms with Crippen molar-refractivity contribution in [2.75, 3.05) is 19.4 Å². The predicted molar refractivity (Wildman–Crippen MR) is 136 cm³/mol. The van der Waals surface area contributed by atoms with Crippen LogP contribution < -0.4 is 4.74 Å². The Hall–Kier alpha value is -2.34. The lowest BCUT2D eigenvalue weighted by atomic mass is 9.89. The molecule has 2 aromatic carbocycles. The van der Waals surface area contributed by atoms with Gasteiger partial charge in [0, 0.05) is 48.4 Å². The van der Waals surface area contributed by atoms with Gasteiger partial charge in [0.05, 0.1) is 16.8 Å². The van der Waals surface area contributed by atoms with Crippen molar-refractivity contribution in [2.24, 2.45) is 0 Å². The van der Waals surface area contributed by atoms with Crippen LogP contribution in [0.5, 0.6) is 5.75 Å². The summed E-state index contributed by atoms with van der Waals surface area (Å²) >= 11 is 1.30. The maximum Gasteiger partial charge on any atom is 0.185 e. The number of thiazole rings is 1. The zero-order chi connectivity index (χ0) is 25.5. The normalized spacial score (nSPS) is 23.1. The summed E-state index contributed by atoms with van der Waals surface area (Å²) < 4.78 is 70.3. The molecule has 3 aromatic rings. The second-order valence-electron chi connectivity index (χ2n) is 9.32. The van der Waals surface area contributed by atoms with Crippen LogP contribution in [0.3, 0.4) is 0 Å². The van der Waals surface area contributed by atoms with E-state index in [-0.39, 0.29) is 28.5 Å². The topological polar surface area (TPSA) is 93.6 Å². The highest BCUT2D eigenvalue weighted by atomic mass is 32.2. The minimum Gasteiger partial charge on any atom is -0.493 e. The van der Waals surface area contributed by atoms with Gasteiger partial charge in [-0.3, -0.25) is 4.90 Å². The molecule has 0 N–H and O–H groups in total. The third-order valence-corrected chi connectivity index (χ3v) is 11.2. The molecule has 0 bridgehead atoms. The van der Waals surface area contributed by atoms with Gasteiger partial charge in [0.2, 0.25) is 0 Å². The van der Waals surface area contributed by atoms with Gasteiger partial charge < -0.3 is 4.74 Å². The molecular formula is C25H27FN2O5S3. The fraction of sp³-hybridized carbons (Fsp3) is 0.400. The number of halogens is 1. The molecule has 2 aliphatic rings. The first kappa shape index (κ1) is 25.3. The Morgan fingerprint density at radius 1 is 1.08 bits per heavy atom. The van der Waals surface area contributed by atoms with Gasteiger partial charge in [0.25, 0.3) is 0 Å². The minimum atomic E-state index is -3.59. The second kappa shape index (κ2) is 9.85. The van der Waals surface area contributed by atoms with E-state index in [1.807, 2.05) is 0 Å². The van der Waals surface area contributed by atoms with Crippen LogP contribution in [-0.4, -0.2) is 51.4 Å². The molecule has 36 heavy (non-hydrogen) atoms. The molecule has 2 aliphatic heterocycles. The molecule has 1 aromatic heterocycles. The number of hydrogen-bond donors (Lipinski definition) is 0. The third-order valence-electron chi connectivity index (χ3n) is 7.01. The number of likely N-dealkylation sites (tertiary alicyclic amines) is 1. The first-order valence-electron chi connectivity index (χ1n) is 11.7. The number of hydrogen-bond acceptors (Lipinski definition) is 8. The molecule has 0 aliphatic carbocycles. The van der Waals surface area contributed by atoms with Crippen LogP contribution in [0.4, 0.5) is 4.39 Å². The number of benzene rings is 2. The summed E-state index contributed by atoms with van der Waals surface area (Å²) in [6.45, 7) is 0.962. The maximum atomic E-state index is 13.6. The number of aromatic nitrogens is 1. The zero-order valence-electron chi connectivity index (χ0n) is 19.7. The molecule has 5 rings (SSSR count). The Kier molecular flexibility index (Phi) is 6.92. The molecule has 7 nitrogen and oxygen atoms in total. The number of nitrogens with zero attached hydrogens (tertiary/aromatic N) is 2. The molecule has 0 saturated carbocycles. The fourth-order valence-corrected chi connectivity index (χ4v) is 8.52. The van der Waals surface area contributed by atoms with E-state index < -0.39 is 24.9 Å². The first-order valence-corrected chi connectivity index (χ1v) is 16.2. The van der Waals surface area contributed by atoms with E-state index >= 15 is 0 Å². The summed E-state index contributed by atoms with van der Waals surface area (Å²) in [5.74, 6) is 0.0108. The van der Waals surface area contributed by atoms with Crippen LogP contribution >= 0.6 is 11.3 Å². The van der Waals surface area contributed by atoms with Crippen molar-refractivity contribution in [3.05, 3.63) is 76.0 Å². The standard InChI is InChI=1S/C25H27FN2O5S3/c1-35(29,30)19-8-11-28(23(14-19)17-2-4-18(26)5-3-17)22-9-12-33-24-15-20(6-7-21(22)24)36(31,32)16-25-27-10-13-34-25/h2-7,10,13,15,19,22-23H,8-9,11-12,14,16H2,1H3/t19-,22+,23+/m1/s1. The largest absolute Gasteiger partial charge is 0.493 e. The highest BCUT2D eigenvalue weighted by molar-refractivity contribution is 7.91. The maximum absolute atomic E-state index is 13.6. The van der Waals surface area contributed by atoms with E-state index in [9.17, 15) is 21.2 Å². The fourth-order valence-electron chi connectivity index (χ4n) is 5.18. The van der Waals surface area contributed by atoms with Crippen LogP contribution in [0.25, 0.3) is 0 Å². The van der Waals surface area contributed by atoms with E-state index in [4.69, 9.17) is 4.74 Å². The predicted octanol–water partition coefficient (Wildman–Crippen LogP) is 4.33. The highest BCUT2D eigenvalue weighted by Gasteiger charge is 2.40. The van der Waals surface area contributed by atoms with E-state index in [1.165, 1.54) is 29.7 Å². The van der Waals surface area contributed by atoms with Crippen molar-refractivity contribution in [3.63, 3.8) is 0 Å². The van der Waals surface area contributed by atoms with Gasteiger partial charge in [-0.05, 0) is 42.7 Å². The molecule has 1 fully saturated rings. The number of ether oxygens (including phenoxy) is 1. The monoisotopic (exact) mass is 550 g/mol. The van der Waals surface area contributed by atoms with Crippen molar-refractivity contribution in [3.8, 4) is 5.75 Å². The van der Waals surface area contributed by atoms with E-state index in [1.54, 1.807) is 41.9 Å². The molecule has 0 radical (unpaired) electrons. The van der Waals surface area contributed by atoms with Crippen molar-refractivity contribution >= 4 is 31.0 Å². The summed E-state index contributed by atoms with van der Waals surface area (Å²) in [4.78, 5) is 6.54. The molecular weight excluding hydrogens is 523 g/mol. The highest BCUT2D eigenvalue weighted by Crippen LogP contribution is 2.45. The minimum absolute atomic E-state index is 0.0833. The van der Waals surface area contributed by atoms with E-state index in [2.05, 4.69) is 9.88 Å². The van der Waals surface area contributed by atoms with Crippen LogP contribution in [0.15, 0.2) is 58.9 Å².